The second kappa shape index (κ2) is 5.57. The zero-order valence-corrected chi connectivity index (χ0v) is 10.5. The smallest absolute Gasteiger partial charge is 0.336 e. The van der Waals surface area contributed by atoms with E-state index in [1.807, 2.05) is 6.92 Å². The van der Waals surface area contributed by atoms with Crippen molar-refractivity contribution in [3.05, 3.63) is 28.8 Å². The average molecular weight is 261 g/mol. The highest BCUT2D eigenvalue weighted by atomic mass is 35.5. The molecule has 0 saturated carbocycles. The fraction of sp³-hybridized carbons (Fsp3) is 0.364. The van der Waals surface area contributed by atoms with Gasteiger partial charge in [-0.15, -0.1) is 11.8 Å². The van der Waals surface area contributed by atoms with Crippen LogP contribution in [0.5, 0.6) is 0 Å². The van der Waals surface area contributed by atoms with Crippen LogP contribution in [0.2, 0.25) is 5.02 Å². The standard InChI is InChI=1S/C11H13ClO3S/c1-6(13)7(2)16-10-5-8(12)3-4-9(10)11(14)15/h3-7,13H,1-2H3,(H,14,15). The number of thioether (sulfide) groups is 1. The zero-order chi connectivity index (χ0) is 12.3. The van der Waals surface area contributed by atoms with E-state index in [-0.39, 0.29) is 10.8 Å². The Hall–Kier alpha value is -0.710. The van der Waals surface area contributed by atoms with Crippen LogP contribution in [0.15, 0.2) is 23.1 Å². The minimum absolute atomic E-state index is 0.0865. The number of halogens is 1. The molecule has 1 aromatic rings. The summed E-state index contributed by atoms with van der Waals surface area (Å²) in [4.78, 5) is 11.5. The molecule has 5 heteroatoms. The maximum atomic E-state index is 11.0. The molecule has 88 valence electrons. The Morgan fingerprint density at radius 2 is 2.06 bits per heavy atom. The second-order valence-corrected chi connectivity index (χ2v) is 5.36. The molecule has 0 aliphatic rings. The third-order valence-corrected chi connectivity index (χ3v) is 3.76. The predicted molar refractivity (Wildman–Crippen MR) is 65.4 cm³/mol. The van der Waals surface area contributed by atoms with Gasteiger partial charge in [0.05, 0.1) is 11.7 Å². The van der Waals surface area contributed by atoms with Crippen molar-refractivity contribution in [3.63, 3.8) is 0 Å². The highest BCUT2D eigenvalue weighted by Gasteiger charge is 2.16. The van der Waals surface area contributed by atoms with Gasteiger partial charge in [-0.25, -0.2) is 4.79 Å². The molecule has 1 aromatic carbocycles. The normalized spacial score (nSPS) is 14.5. The minimum Gasteiger partial charge on any atom is -0.478 e. The number of carboxylic acid groups (broad SMARTS) is 1. The van der Waals surface area contributed by atoms with Gasteiger partial charge in [0.25, 0.3) is 0 Å². The molecular weight excluding hydrogens is 248 g/mol. The van der Waals surface area contributed by atoms with E-state index in [4.69, 9.17) is 16.7 Å². The quantitative estimate of drug-likeness (QED) is 0.818. The molecule has 0 aliphatic carbocycles. The van der Waals surface area contributed by atoms with Crippen LogP contribution in [0.4, 0.5) is 0 Å². The number of aliphatic hydroxyl groups excluding tert-OH is 1. The molecule has 0 amide bonds. The molecular formula is C11H13ClO3S. The lowest BCUT2D eigenvalue weighted by molar-refractivity contribution is 0.0693. The lowest BCUT2D eigenvalue weighted by atomic mass is 10.2. The summed E-state index contributed by atoms with van der Waals surface area (Å²) < 4.78 is 0. The number of carboxylic acids is 1. The maximum absolute atomic E-state index is 11.0. The first-order valence-corrected chi connectivity index (χ1v) is 6.05. The highest BCUT2D eigenvalue weighted by molar-refractivity contribution is 8.00. The van der Waals surface area contributed by atoms with Crippen molar-refractivity contribution in [2.45, 2.75) is 30.1 Å². The van der Waals surface area contributed by atoms with Gasteiger partial charge >= 0.3 is 5.97 Å². The fourth-order valence-corrected chi connectivity index (χ4v) is 2.38. The van der Waals surface area contributed by atoms with Crippen LogP contribution in [0.25, 0.3) is 0 Å². The van der Waals surface area contributed by atoms with Gasteiger partial charge in [-0.2, -0.15) is 0 Å². The van der Waals surface area contributed by atoms with Crippen molar-refractivity contribution in [1.82, 2.24) is 0 Å². The van der Waals surface area contributed by atoms with Gasteiger partial charge in [0.1, 0.15) is 0 Å². The van der Waals surface area contributed by atoms with Crippen LogP contribution in [-0.2, 0) is 0 Å². The van der Waals surface area contributed by atoms with E-state index in [2.05, 4.69) is 0 Å². The largest absolute Gasteiger partial charge is 0.478 e. The van der Waals surface area contributed by atoms with E-state index >= 15 is 0 Å². The first kappa shape index (κ1) is 13.4. The fourth-order valence-electron chi connectivity index (χ4n) is 1.07. The van der Waals surface area contributed by atoms with Gasteiger partial charge < -0.3 is 10.2 Å². The summed E-state index contributed by atoms with van der Waals surface area (Å²) >= 11 is 7.12. The van der Waals surface area contributed by atoms with Gasteiger partial charge in [0.15, 0.2) is 0 Å². The van der Waals surface area contributed by atoms with Crippen molar-refractivity contribution >= 4 is 29.3 Å². The van der Waals surface area contributed by atoms with E-state index in [1.165, 1.54) is 17.8 Å². The number of rotatable bonds is 4. The van der Waals surface area contributed by atoms with Gasteiger partial charge in [0, 0.05) is 15.2 Å². The van der Waals surface area contributed by atoms with Crippen LogP contribution >= 0.6 is 23.4 Å². The summed E-state index contributed by atoms with van der Waals surface area (Å²) in [5.74, 6) is -0.989. The summed E-state index contributed by atoms with van der Waals surface area (Å²) in [6, 6.07) is 4.62. The van der Waals surface area contributed by atoms with Gasteiger partial charge in [-0.3, -0.25) is 0 Å². The second-order valence-electron chi connectivity index (χ2n) is 3.51. The number of hydrogen-bond acceptors (Lipinski definition) is 3. The summed E-state index contributed by atoms with van der Waals surface area (Å²) in [5, 5.41) is 18.8. The summed E-state index contributed by atoms with van der Waals surface area (Å²) in [6.45, 7) is 3.50. The average Bonchev–Trinajstić information content (AvgIpc) is 2.16. The molecule has 2 N–H and O–H groups in total. The molecule has 0 aromatic heterocycles. The van der Waals surface area contributed by atoms with E-state index in [1.54, 1.807) is 19.1 Å². The third kappa shape index (κ3) is 3.40. The third-order valence-electron chi connectivity index (χ3n) is 2.17. The van der Waals surface area contributed by atoms with Crippen LogP contribution in [0.1, 0.15) is 24.2 Å². The Labute approximate surface area is 103 Å². The molecule has 0 saturated heterocycles. The lowest BCUT2D eigenvalue weighted by Gasteiger charge is -2.15. The first-order chi connectivity index (χ1) is 7.41. The Kier molecular flexibility index (Phi) is 4.65. The zero-order valence-electron chi connectivity index (χ0n) is 8.98. The Morgan fingerprint density at radius 1 is 1.44 bits per heavy atom. The molecule has 0 heterocycles. The topological polar surface area (TPSA) is 57.5 Å². The van der Waals surface area contributed by atoms with Gasteiger partial charge in [0.2, 0.25) is 0 Å². The maximum Gasteiger partial charge on any atom is 0.336 e. The number of carbonyl (C=O) groups is 1. The predicted octanol–water partition coefficient (Wildman–Crippen LogP) is 2.90. The van der Waals surface area contributed by atoms with Crippen LogP contribution in [-0.4, -0.2) is 27.5 Å². The van der Waals surface area contributed by atoms with E-state index in [0.29, 0.717) is 9.92 Å². The summed E-state index contributed by atoms with van der Waals surface area (Å²) in [5.41, 5.74) is 0.210. The minimum atomic E-state index is -0.989. The van der Waals surface area contributed by atoms with Crippen molar-refractivity contribution in [3.8, 4) is 0 Å². The molecule has 1 rings (SSSR count). The number of aromatic carboxylic acids is 1. The molecule has 2 unspecified atom stereocenters. The molecule has 0 fully saturated rings. The summed E-state index contributed by atoms with van der Waals surface area (Å²) in [7, 11) is 0. The number of hydrogen-bond donors (Lipinski definition) is 2. The van der Waals surface area contributed by atoms with Crippen LogP contribution in [0, 0.1) is 0 Å². The van der Waals surface area contributed by atoms with Crippen molar-refractivity contribution < 1.29 is 15.0 Å². The first-order valence-electron chi connectivity index (χ1n) is 4.79. The van der Waals surface area contributed by atoms with Crippen molar-refractivity contribution in [2.24, 2.45) is 0 Å². The molecule has 0 spiro atoms. The molecule has 16 heavy (non-hydrogen) atoms. The van der Waals surface area contributed by atoms with Crippen molar-refractivity contribution in [1.29, 1.82) is 0 Å². The highest BCUT2D eigenvalue weighted by Crippen LogP contribution is 2.30. The Morgan fingerprint density at radius 3 is 2.56 bits per heavy atom. The number of aliphatic hydroxyl groups is 1. The van der Waals surface area contributed by atoms with E-state index < -0.39 is 12.1 Å². The van der Waals surface area contributed by atoms with Crippen LogP contribution in [0.3, 0.4) is 0 Å². The van der Waals surface area contributed by atoms with Gasteiger partial charge in [-0.05, 0) is 25.1 Å². The van der Waals surface area contributed by atoms with Crippen molar-refractivity contribution in [2.75, 3.05) is 0 Å². The number of benzene rings is 1. The lowest BCUT2D eigenvalue weighted by Crippen LogP contribution is -2.15. The molecule has 0 aliphatic heterocycles. The Balaban J connectivity index is 3.01. The van der Waals surface area contributed by atoms with E-state index in [9.17, 15) is 9.90 Å². The summed E-state index contributed by atoms with van der Waals surface area (Å²) in [6.07, 6.45) is -0.509. The Bertz CT molecular complexity index is 393. The molecule has 2 atom stereocenters. The monoisotopic (exact) mass is 260 g/mol. The van der Waals surface area contributed by atoms with E-state index in [0.717, 1.165) is 0 Å². The SMILES string of the molecule is CC(O)C(C)Sc1cc(Cl)ccc1C(=O)O. The molecule has 3 nitrogen and oxygen atoms in total. The molecule has 0 bridgehead atoms. The van der Waals surface area contributed by atoms with Crippen LogP contribution < -0.4 is 0 Å². The molecule has 0 radical (unpaired) electrons. The van der Waals surface area contributed by atoms with Gasteiger partial charge in [-0.1, -0.05) is 18.5 Å².